The van der Waals surface area contributed by atoms with Gasteiger partial charge < -0.3 is 5.73 Å². The van der Waals surface area contributed by atoms with Gasteiger partial charge in [0, 0.05) is 37.8 Å². The molecule has 3 nitrogen and oxygen atoms in total. The van der Waals surface area contributed by atoms with Crippen molar-refractivity contribution in [2.75, 3.05) is 32.7 Å². The Morgan fingerprint density at radius 3 is 2.61 bits per heavy atom. The van der Waals surface area contributed by atoms with Crippen molar-refractivity contribution in [2.24, 2.45) is 11.1 Å². The van der Waals surface area contributed by atoms with Crippen molar-refractivity contribution in [3.05, 3.63) is 0 Å². The Morgan fingerprint density at radius 2 is 1.94 bits per heavy atom. The van der Waals surface area contributed by atoms with Crippen molar-refractivity contribution in [2.45, 2.75) is 57.5 Å². The van der Waals surface area contributed by atoms with Crippen molar-refractivity contribution < 1.29 is 0 Å². The molecular weight excluding hydrogens is 222 g/mol. The molecule has 104 valence electrons. The molecule has 0 aromatic heterocycles. The molecule has 0 radical (unpaired) electrons. The van der Waals surface area contributed by atoms with E-state index in [1.165, 1.54) is 58.3 Å². The predicted octanol–water partition coefficient (Wildman–Crippen LogP) is 1.67. The van der Waals surface area contributed by atoms with Crippen LogP contribution in [0.15, 0.2) is 0 Å². The summed E-state index contributed by atoms with van der Waals surface area (Å²) in [6, 6.07) is 0.818. The van der Waals surface area contributed by atoms with Gasteiger partial charge in [0.25, 0.3) is 0 Å². The highest BCUT2D eigenvalue weighted by Gasteiger charge is 2.52. The Bertz CT molecular complexity index is 315. The highest BCUT2D eigenvalue weighted by Crippen LogP contribution is 2.49. The molecule has 0 spiro atoms. The van der Waals surface area contributed by atoms with E-state index in [0.29, 0.717) is 5.41 Å². The summed E-state index contributed by atoms with van der Waals surface area (Å²) < 4.78 is 0. The maximum atomic E-state index is 6.26. The minimum atomic E-state index is 0.279. The summed E-state index contributed by atoms with van der Waals surface area (Å²) >= 11 is 0. The Morgan fingerprint density at radius 1 is 1.11 bits per heavy atom. The molecule has 1 saturated carbocycles. The fourth-order valence-corrected chi connectivity index (χ4v) is 4.87. The van der Waals surface area contributed by atoms with E-state index in [0.717, 1.165) is 12.6 Å². The van der Waals surface area contributed by atoms with Crippen LogP contribution in [0.25, 0.3) is 0 Å². The molecule has 3 rings (SSSR count). The van der Waals surface area contributed by atoms with Crippen LogP contribution in [-0.2, 0) is 0 Å². The lowest BCUT2D eigenvalue weighted by molar-refractivity contribution is -0.0320. The SMILES string of the molecule is CC1(C)CCCC1(CN)N1CCN2CCCC2C1. The zero-order valence-corrected chi connectivity index (χ0v) is 12.1. The van der Waals surface area contributed by atoms with E-state index in [1.54, 1.807) is 0 Å². The number of rotatable bonds is 2. The van der Waals surface area contributed by atoms with Crippen molar-refractivity contribution in [1.82, 2.24) is 9.80 Å². The van der Waals surface area contributed by atoms with Gasteiger partial charge in [0.2, 0.25) is 0 Å². The molecule has 2 atom stereocenters. The van der Waals surface area contributed by atoms with Gasteiger partial charge in [0.1, 0.15) is 0 Å². The Hall–Kier alpha value is -0.120. The third-order valence-electron chi connectivity index (χ3n) is 6.18. The van der Waals surface area contributed by atoms with Crippen LogP contribution in [0.2, 0.25) is 0 Å². The zero-order valence-electron chi connectivity index (χ0n) is 12.1. The summed E-state index contributed by atoms with van der Waals surface area (Å²) in [6.45, 7) is 10.8. The third-order valence-corrected chi connectivity index (χ3v) is 6.18. The molecule has 0 aromatic carbocycles. The molecule has 0 bridgehead atoms. The summed E-state index contributed by atoms with van der Waals surface area (Å²) in [5.74, 6) is 0. The van der Waals surface area contributed by atoms with Gasteiger partial charge in [0.05, 0.1) is 0 Å². The molecule has 3 heteroatoms. The average Bonchev–Trinajstić information content (AvgIpc) is 2.92. The van der Waals surface area contributed by atoms with Gasteiger partial charge in [-0.15, -0.1) is 0 Å². The lowest BCUT2D eigenvalue weighted by Gasteiger charge is -2.53. The third kappa shape index (κ3) is 1.75. The number of nitrogens with zero attached hydrogens (tertiary/aromatic N) is 2. The molecule has 1 aliphatic carbocycles. The summed E-state index contributed by atoms with van der Waals surface area (Å²) in [5, 5.41) is 0. The topological polar surface area (TPSA) is 32.5 Å². The number of hydrogen-bond acceptors (Lipinski definition) is 3. The molecule has 2 unspecified atom stereocenters. The summed E-state index contributed by atoms with van der Waals surface area (Å²) in [6.07, 6.45) is 6.81. The maximum absolute atomic E-state index is 6.26. The highest BCUT2D eigenvalue weighted by molar-refractivity contribution is 5.09. The van der Waals surface area contributed by atoms with Crippen LogP contribution < -0.4 is 5.73 Å². The Balaban J connectivity index is 1.80. The van der Waals surface area contributed by atoms with Crippen LogP contribution in [0.4, 0.5) is 0 Å². The van der Waals surface area contributed by atoms with Gasteiger partial charge in [-0.3, -0.25) is 9.80 Å². The molecule has 0 amide bonds. The first-order chi connectivity index (χ1) is 8.59. The fourth-order valence-electron chi connectivity index (χ4n) is 4.87. The predicted molar refractivity (Wildman–Crippen MR) is 75.6 cm³/mol. The first kappa shape index (κ1) is 12.9. The van der Waals surface area contributed by atoms with Crippen LogP contribution in [0.3, 0.4) is 0 Å². The summed E-state index contributed by atoms with van der Waals surface area (Å²) in [5.41, 5.74) is 6.93. The number of piperazine rings is 1. The van der Waals surface area contributed by atoms with E-state index in [2.05, 4.69) is 23.6 Å². The largest absolute Gasteiger partial charge is 0.329 e. The van der Waals surface area contributed by atoms with Crippen LogP contribution in [0.5, 0.6) is 0 Å². The van der Waals surface area contributed by atoms with Gasteiger partial charge >= 0.3 is 0 Å². The molecule has 2 aliphatic heterocycles. The molecular formula is C15H29N3. The zero-order chi connectivity index (χ0) is 12.8. The smallest absolute Gasteiger partial charge is 0.0383 e. The van der Waals surface area contributed by atoms with E-state index in [1.807, 2.05) is 0 Å². The lowest BCUT2D eigenvalue weighted by Crippen LogP contribution is -2.65. The minimum absolute atomic E-state index is 0.279. The molecule has 18 heavy (non-hydrogen) atoms. The van der Waals surface area contributed by atoms with Crippen molar-refractivity contribution in [1.29, 1.82) is 0 Å². The van der Waals surface area contributed by atoms with Gasteiger partial charge in [-0.25, -0.2) is 0 Å². The van der Waals surface area contributed by atoms with E-state index in [4.69, 9.17) is 5.73 Å². The standard InChI is InChI=1S/C15H29N3/c1-14(2)6-4-7-15(14,12-16)18-10-9-17-8-3-5-13(17)11-18/h13H,3-12,16H2,1-2H3. The van der Waals surface area contributed by atoms with Crippen LogP contribution in [-0.4, -0.2) is 54.1 Å². The quantitative estimate of drug-likeness (QED) is 0.810. The van der Waals surface area contributed by atoms with Crippen LogP contribution in [0, 0.1) is 5.41 Å². The molecule has 2 N–H and O–H groups in total. The van der Waals surface area contributed by atoms with E-state index >= 15 is 0 Å². The van der Waals surface area contributed by atoms with Gasteiger partial charge in [-0.05, 0) is 37.6 Å². The lowest BCUT2D eigenvalue weighted by atomic mass is 9.73. The first-order valence-corrected chi connectivity index (χ1v) is 7.78. The second kappa shape index (κ2) is 4.46. The van der Waals surface area contributed by atoms with E-state index < -0.39 is 0 Å². The van der Waals surface area contributed by atoms with Gasteiger partial charge in [-0.2, -0.15) is 0 Å². The highest BCUT2D eigenvalue weighted by atomic mass is 15.3. The van der Waals surface area contributed by atoms with E-state index in [-0.39, 0.29) is 5.54 Å². The van der Waals surface area contributed by atoms with Gasteiger partial charge in [0.15, 0.2) is 0 Å². The normalized spacial score (nSPS) is 41.2. The molecule has 2 heterocycles. The van der Waals surface area contributed by atoms with Crippen LogP contribution >= 0.6 is 0 Å². The van der Waals surface area contributed by atoms with Gasteiger partial charge in [-0.1, -0.05) is 20.3 Å². The number of nitrogens with two attached hydrogens (primary N) is 1. The second-order valence-electron chi connectivity index (χ2n) is 7.25. The molecule has 3 fully saturated rings. The minimum Gasteiger partial charge on any atom is -0.329 e. The monoisotopic (exact) mass is 251 g/mol. The van der Waals surface area contributed by atoms with Crippen LogP contribution in [0.1, 0.15) is 46.0 Å². The average molecular weight is 251 g/mol. The Kier molecular flexibility index (Phi) is 3.20. The molecule has 2 saturated heterocycles. The van der Waals surface area contributed by atoms with Crippen molar-refractivity contribution in [3.63, 3.8) is 0 Å². The molecule has 3 aliphatic rings. The first-order valence-electron chi connectivity index (χ1n) is 7.78. The number of hydrogen-bond donors (Lipinski definition) is 1. The molecule has 0 aromatic rings. The summed E-state index contributed by atoms with van der Waals surface area (Å²) in [7, 11) is 0. The Labute approximate surface area is 112 Å². The van der Waals surface area contributed by atoms with Crippen molar-refractivity contribution >= 4 is 0 Å². The maximum Gasteiger partial charge on any atom is 0.0383 e. The van der Waals surface area contributed by atoms with E-state index in [9.17, 15) is 0 Å². The fraction of sp³-hybridized carbons (Fsp3) is 1.00. The van der Waals surface area contributed by atoms with Crippen molar-refractivity contribution in [3.8, 4) is 0 Å². The number of fused-ring (bicyclic) bond motifs is 1. The summed E-state index contributed by atoms with van der Waals surface area (Å²) in [4.78, 5) is 5.47. The second-order valence-corrected chi connectivity index (χ2v) is 7.25.